The first-order chi connectivity index (χ1) is 16.0. The molecule has 2 aromatic heterocycles. The van der Waals surface area contributed by atoms with E-state index >= 15 is 0 Å². The minimum Gasteiger partial charge on any atom is -0.382 e. The van der Waals surface area contributed by atoms with E-state index < -0.39 is 47.3 Å². The van der Waals surface area contributed by atoms with Crippen molar-refractivity contribution in [2.24, 2.45) is 5.92 Å². The van der Waals surface area contributed by atoms with Gasteiger partial charge in [0.1, 0.15) is 17.9 Å². The van der Waals surface area contributed by atoms with E-state index in [1.807, 2.05) is 6.07 Å². The molecular formula is C14H22N7O11P3. The van der Waals surface area contributed by atoms with Crippen LogP contribution in [-0.2, 0) is 37.3 Å². The lowest BCUT2D eigenvalue weighted by Crippen LogP contribution is -2.42. The minimum absolute atomic E-state index is 0.0202. The summed E-state index contributed by atoms with van der Waals surface area (Å²) in [6.07, 6.45) is 1.39. The van der Waals surface area contributed by atoms with Crippen molar-refractivity contribution < 1.29 is 51.2 Å². The molecule has 1 aliphatic rings. The van der Waals surface area contributed by atoms with Crippen molar-refractivity contribution in [3.05, 3.63) is 6.33 Å². The maximum atomic E-state index is 12.2. The number of hydrogen-bond acceptors (Lipinski definition) is 13. The summed E-state index contributed by atoms with van der Waals surface area (Å²) >= 11 is 0. The Bertz CT molecular complexity index is 1320. The Kier molecular flexibility index (Phi) is 7.21. The zero-order chi connectivity index (χ0) is 26.4. The van der Waals surface area contributed by atoms with Gasteiger partial charge >= 0.3 is 23.5 Å². The van der Waals surface area contributed by atoms with Gasteiger partial charge in [0.05, 0.1) is 12.2 Å². The van der Waals surface area contributed by atoms with E-state index in [4.69, 9.17) is 30.5 Å². The summed E-state index contributed by atoms with van der Waals surface area (Å²) in [6.45, 7) is 2.57. The summed E-state index contributed by atoms with van der Waals surface area (Å²) in [5, 5.41) is 10.1. The Morgan fingerprint density at radius 2 is 1.89 bits per heavy atom. The van der Waals surface area contributed by atoms with Crippen LogP contribution in [0.3, 0.4) is 0 Å². The van der Waals surface area contributed by atoms with E-state index in [1.165, 1.54) is 10.9 Å². The van der Waals surface area contributed by atoms with E-state index in [-0.39, 0.29) is 35.8 Å². The lowest BCUT2D eigenvalue weighted by molar-refractivity contribution is -0.141. The van der Waals surface area contributed by atoms with E-state index in [0.717, 1.165) is 0 Å². The number of anilines is 2. The van der Waals surface area contributed by atoms with Gasteiger partial charge in [-0.15, -0.1) is 0 Å². The van der Waals surface area contributed by atoms with Gasteiger partial charge in [0.2, 0.25) is 11.7 Å². The number of nitrogen functional groups attached to an aromatic ring is 2. The highest BCUT2D eigenvalue weighted by Gasteiger charge is 2.56. The van der Waals surface area contributed by atoms with Gasteiger partial charge in [-0.25, -0.2) is 18.7 Å². The largest absolute Gasteiger partial charge is 0.490 e. The standard InChI is InChI=1S/C14H22N7O11P3/c1-3-13(6-29-34(25,26)32-35(27,28)31-33(22,23)24)8(2)4-14(5-15,30-13)21-7-18-9-10(16)19-12(17)20-11(9)21/h7-8H,3-4,6H2,1-2H3,(H,25,26)(H,27,28)(H2,22,23,24)(H4,16,17,19,20). The van der Waals surface area contributed by atoms with Gasteiger partial charge < -0.3 is 35.8 Å². The number of imidazole rings is 1. The third-order valence-electron chi connectivity index (χ3n) is 5.34. The summed E-state index contributed by atoms with van der Waals surface area (Å²) in [6, 6.07) is 2.04. The molecule has 5 unspecified atom stereocenters. The van der Waals surface area contributed by atoms with Crippen LogP contribution in [0, 0.1) is 17.2 Å². The van der Waals surface area contributed by atoms with Crippen LogP contribution in [-0.4, -0.2) is 51.3 Å². The summed E-state index contributed by atoms with van der Waals surface area (Å²) < 4.78 is 54.2. The number of nitriles is 1. The number of ether oxygens (including phenoxy) is 1. The van der Waals surface area contributed by atoms with Crippen molar-refractivity contribution in [3.8, 4) is 6.07 Å². The third-order valence-corrected chi connectivity index (χ3v) is 9.13. The smallest absolute Gasteiger partial charge is 0.382 e. The van der Waals surface area contributed by atoms with Gasteiger partial charge in [0, 0.05) is 6.42 Å². The SMILES string of the molecule is CCC1(COP(=O)(O)OP(=O)(O)OP(=O)(O)O)OC(C#N)(n2cnc3c(N)nc(N)nc32)CC1C. The molecule has 1 saturated heterocycles. The predicted octanol–water partition coefficient (Wildman–Crippen LogP) is 0.716. The van der Waals surface area contributed by atoms with Crippen molar-refractivity contribution in [1.82, 2.24) is 19.5 Å². The summed E-state index contributed by atoms with van der Waals surface area (Å²) in [4.78, 5) is 48.4. The zero-order valence-electron chi connectivity index (χ0n) is 18.2. The first-order valence-electron chi connectivity index (χ1n) is 9.63. The average Bonchev–Trinajstić information content (AvgIpc) is 3.24. The van der Waals surface area contributed by atoms with Crippen molar-refractivity contribution in [2.75, 3.05) is 18.1 Å². The highest BCUT2D eigenvalue weighted by atomic mass is 31.3. The molecule has 3 rings (SSSR count). The summed E-state index contributed by atoms with van der Waals surface area (Å²) in [7, 11) is -16.7. The molecule has 35 heavy (non-hydrogen) atoms. The summed E-state index contributed by atoms with van der Waals surface area (Å²) in [5.41, 5.74) is 8.59. The van der Waals surface area contributed by atoms with Gasteiger partial charge in [-0.2, -0.15) is 23.9 Å². The molecule has 18 nitrogen and oxygen atoms in total. The number of nitrogens with zero attached hydrogens (tertiary/aromatic N) is 5. The molecule has 0 bridgehead atoms. The molecule has 0 aromatic carbocycles. The number of phosphoric acid groups is 3. The molecule has 0 saturated carbocycles. The third kappa shape index (κ3) is 5.72. The molecule has 1 aliphatic heterocycles. The molecule has 194 valence electrons. The van der Waals surface area contributed by atoms with Gasteiger partial charge in [0.25, 0.3) is 0 Å². The molecule has 21 heteroatoms. The number of fused-ring (bicyclic) bond motifs is 1. The fourth-order valence-corrected chi connectivity index (χ4v) is 6.82. The van der Waals surface area contributed by atoms with E-state index in [9.17, 15) is 28.7 Å². The maximum absolute atomic E-state index is 12.2. The van der Waals surface area contributed by atoms with Crippen molar-refractivity contribution in [2.45, 2.75) is 38.0 Å². The second-order valence-electron chi connectivity index (χ2n) is 7.64. The van der Waals surface area contributed by atoms with E-state index in [0.29, 0.717) is 0 Å². The van der Waals surface area contributed by atoms with Gasteiger partial charge in [-0.05, 0) is 12.3 Å². The van der Waals surface area contributed by atoms with Gasteiger partial charge in [-0.1, -0.05) is 13.8 Å². The van der Waals surface area contributed by atoms with Crippen LogP contribution in [0.25, 0.3) is 11.2 Å². The Morgan fingerprint density at radius 3 is 2.46 bits per heavy atom. The number of rotatable bonds is 9. The van der Waals surface area contributed by atoms with Crippen LogP contribution in [0.5, 0.6) is 0 Å². The van der Waals surface area contributed by atoms with Gasteiger partial charge in [0.15, 0.2) is 11.5 Å². The quantitative estimate of drug-likeness (QED) is 0.231. The molecule has 3 heterocycles. The number of phosphoric ester groups is 1. The van der Waals surface area contributed by atoms with E-state index in [1.54, 1.807) is 13.8 Å². The molecule has 8 N–H and O–H groups in total. The first-order valence-corrected chi connectivity index (χ1v) is 14.2. The highest BCUT2D eigenvalue weighted by Crippen LogP contribution is 2.66. The Balaban J connectivity index is 1.89. The first kappa shape index (κ1) is 27.6. The topological polar surface area (TPSA) is 288 Å². The molecule has 1 fully saturated rings. The fraction of sp³-hybridized carbons (Fsp3) is 0.571. The molecule has 0 amide bonds. The fourth-order valence-electron chi connectivity index (χ4n) is 3.74. The van der Waals surface area contributed by atoms with Crippen LogP contribution in [0.4, 0.5) is 11.8 Å². The second kappa shape index (κ2) is 9.15. The van der Waals surface area contributed by atoms with Crippen LogP contribution in [0.2, 0.25) is 0 Å². The molecular weight excluding hydrogens is 535 g/mol. The van der Waals surface area contributed by atoms with Crippen molar-refractivity contribution >= 4 is 46.4 Å². The minimum atomic E-state index is -5.70. The normalized spacial score (nSPS) is 28.4. The van der Waals surface area contributed by atoms with E-state index in [2.05, 4.69) is 23.6 Å². The Hall–Kier alpha value is -1.99. The molecule has 5 atom stereocenters. The lowest BCUT2D eigenvalue weighted by Gasteiger charge is -2.33. The molecule has 0 aliphatic carbocycles. The number of nitrogens with two attached hydrogens (primary N) is 2. The van der Waals surface area contributed by atoms with Crippen LogP contribution < -0.4 is 11.5 Å². The Morgan fingerprint density at radius 1 is 1.23 bits per heavy atom. The summed E-state index contributed by atoms with van der Waals surface area (Å²) in [5.74, 6) is -0.724. The number of aromatic nitrogens is 4. The predicted molar refractivity (Wildman–Crippen MR) is 115 cm³/mol. The van der Waals surface area contributed by atoms with Crippen molar-refractivity contribution in [3.63, 3.8) is 0 Å². The average molecular weight is 557 g/mol. The molecule has 2 aromatic rings. The zero-order valence-corrected chi connectivity index (χ0v) is 20.8. The molecule has 0 spiro atoms. The van der Waals surface area contributed by atoms with Crippen LogP contribution >= 0.6 is 23.5 Å². The monoisotopic (exact) mass is 557 g/mol. The van der Waals surface area contributed by atoms with Gasteiger partial charge in [-0.3, -0.25) is 9.09 Å². The second-order valence-corrected chi connectivity index (χ2v) is 12.1. The molecule has 0 radical (unpaired) electrons. The van der Waals surface area contributed by atoms with Crippen molar-refractivity contribution in [1.29, 1.82) is 5.26 Å². The highest BCUT2D eigenvalue weighted by molar-refractivity contribution is 7.66. The maximum Gasteiger partial charge on any atom is 0.490 e. The van der Waals surface area contributed by atoms with Crippen LogP contribution in [0.1, 0.15) is 26.7 Å². The van der Waals surface area contributed by atoms with Crippen LogP contribution in [0.15, 0.2) is 6.33 Å². The lowest BCUT2D eigenvalue weighted by atomic mass is 9.86. The Labute approximate surface area is 197 Å². The number of hydrogen-bond donors (Lipinski definition) is 6.